The zero-order chi connectivity index (χ0) is 14.5. The number of ether oxygens (including phenoxy) is 1. The quantitative estimate of drug-likeness (QED) is 0.784. The van der Waals surface area contributed by atoms with E-state index in [2.05, 4.69) is 10.1 Å². The number of aromatic nitrogens is 2. The molecule has 1 unspecified atom stereocenters. The minimum atomic E-state index is -0.664. The fraction of sp³-hybridized carbons (Fsp3) is 0.400. The van der Waals surface area contributed by atoms with Gasteiger partial charge >= 0.3 is 5.97 Å². The lowest BCUT2D eigenvalue weighted by molar-refractivity contribution is -0.144. The molecule has 1 heterocycles. The summed E-state index contributed by atoms with van der Waals surface area (Å²) in [6, 6.07) is 7.65. The van der Waals surface area contributed by atoms with Crippen LogP contribution in [0.15, 0.2) is 28.8 Å². The number of esters is 1. The molecule has 0 aliphatic rings. The van der Waals surface area contributed by atoms with Gasteiger partial charge in [0.05, 0.1) is 6.61 Å². The van der Waals surface area contributed by atoms with Crippen molar-refractivity contribution in [2.75, 3.05) is 6.61 Å². The Hall–Kier alpha value is -2.17. The number of benzene rings is 1. The maximum atomic E-state index is 12.2. The number of nitrogens with zero attached hydrogens (tertiary/aromatic N) is 2. The summed E-state index contributed by atoms with van der Waals surface area (Å²) < 4.78 is 10.3. The van der Waals surface area contributed by atoms with Crippen LogP contribution in [0.5, 0.6) is 0 Å². The molecule has 0 saturated heterocycles. The highest BCUT2D eigenvalue weighted by molar-refractivity contribution is 5.80. The lowest BCUT2D eigenvalue weighted by Crippen LogP contribution is -2.17. The maximum absolute atomic E-state index is 12.2. The molecule has 1 aromatic heterocycles. The van der Waals surface area contributed by atoms with E-state index in [1.165, 1.54) is 0 Å². The molecular weight excluding hydrogens is 256 g/mol. The first kappa shape index (κ1) is 14.2. The topological polar surface area (TPSA) is 65.2 Å². The van der Waals surface area contributed by atoms with Crippen LogP contribution in [0.3, 0.4) is 0 Å². The van der Waals surface area contributed by atoms with E-state index in [0.717, 1.165) is 11.1 Å². The predicted molar refractivity (Wildman–Crippen MR) is 73.3 cm³/mol. The number of rotatable bonds is 5. The second kappa shape index (κ2) is 6.32. The molecule has 2 aromatic rings. The van der Waals surface area contributed by atoms with Gasteiger partial charge in [0, 0.05) is 6.42 Å². The van der Waals surface area contributed by atoms with E-state index in [4.69, 9.17) is 9.26 Å². The zero-order valence-electron chi connectivity index (χ0n) is 11.9. The molecule has 0 N–H and O–H groups in total. The Morgan fingerprint density at radius 1 is 1.30 bits per heavy atom. The minimum Gasteiger partial charge on any atom is -0.465 e. The highest BCUT2D eigenvalue weighted by Crippen LogP contribution is 2.25. The summed E-state index contributed by atoms with van der Waals surface area (Å²) in [6.07, 6.45) is 0.660. The largest absolute Gasteiger partial charge is 0.465 e. The lowest BCUT2D eigenvalue weighted by Gasteiger charge is -2.12. The van der Waals surface area contributed by atoms with Crippen molar-refractivity contribution in [3.8, 4) is 0 Å². The first-order chi connectivity index (χ1) is 9.65. The number of carbonyl (C=O) groups excluding carboxylic acids is 1. The van der Waals surface area contributed by atoms with Crippen molar-refractivity contribution in [1.29, 1.82) is 0 Å². The summed E-state index contributed by atoms with van der Waals surface area (Å²) >= 11 is 0. The van der Waals surface area contributed by atoms with E-state index in [1.807, 2.05) is 38.1 Å². The highest BCUT2D eigenvalue weighted by Gasteiger charge is 2.29. The van der Waals surface area contributed by atoms with Gasteiger partial charge in [0.15, 0.2) is 11.7 Å². The third-order valence-electron chi connectivity index (χ3n) is 2.98. The molecule has 0 spiro atoms. The number of hydrogen-bond donors (Lipinski definition) is 0. The van der Waals surface area contributed by atoms with E-state index in [0.29, 0.717) is 18.9 Å². The average molecular weight is 274 g/mol. The van der Waals surface area contributed by atoms with Gasteiger partial charge in [0.2, 0.25) is 5.89 Å². The Labute approximate surface area is 118 Å². The van der Waals surface area contributed by atoms with Crippen LogP contribution in [0.25, 0.3) is 0 Å². The van der Waals surface area contributed by atoms with Crippen molar-refractivity contribution < 1.29 is 14.1 Å². The van der Waals surface area contributed by atoms with Gasteiger partial charge < -0.3 is 9.26 Å². The van der Waals surface area contributed by atoms with E-state index in [9.17, 15) is 4.79 Å². The fourth-order valence-electron chi connectivity index (χ4n) is 1.89. The van der Waals surface area contributed by atoms with E-state index < -0.39 is 5.92 Å². The molecule has 20 heavy (non-hydrogen) atoms. The van der Waals surface area contributed by atoms with Crippen molar-refractivity contribution in [3.05, 3.63) is 47.1 Å². The summed E-state index contributed by atoms with van der Waals surface area (Å²) in [5.74, 6) is -0.170. The standard InChI is InChI=1S/C15H18N2O3/c1-4-12-16-14(20-17-12)13(15(18)19-5-2)11-8-6-10(3)7-9-11/h6-9,13H,4-5H2,1-3H3. The molecule has 106 valence electrons. The van der Waals surface area contributed by atoms with Crippen molar-refractivity contribution >= 4 is 5.97 Å². The normalized spacial score (nSPS) is 12.2. The Balaban J connectivity index is 2.38. The van der Waals surface area contributed by atoms with E-state index in [1.54, 1.807) is 6.92 Å². The first-order valence-electron chi connectivity index (χ1n) is 6.71. The van der Waals surface area contributed by atoms with Crippen molar-refractivity contribution in [3.63, 3.8) is 0 Å². The van der Waals surface area contributed by atoms with Gasteiger partial charge in [-0.15, -0.1) is 0 Å². The third kappa shape index (κ3) is 3.04. The third-order valence-corrected chi connectivity index (χ3v) is 2.98. The van der Waals surface area contributed by atoms with E-state index in [-0.39, 0.29) is 11.9 Å². The monoisotopic (exact) mass is 274 g/mol. The molecule has 1 aromatic carbocycles. The zero-order valence-corrected chi connectivity index (χ0v) is 11.9. The van der Waals surface area contributed by atoms with Gasteiger partial charge in [0.1, 0.15) is 0 Å². The predicted octanol–water partition coefficient (Wildman–Crippen LogP) is 2.64. The fourth-order valence-corrected chi connectivity index (χ4v) is 1.89. The van der Waals surface area contributed by atoms with Gasteiger partial charge in [-0.2, -0.15) is 4.98 Å². The highest BCUT2D eigenvalue weighted by atomic mass is 16.5. The molecule has 1 atom stereocenters. The SMILES string of the molecule is CCOC(=O)C(c1ccc(C)cc1)c1nc(CC)no1. The van der Waals surface area contributed by atoms with Gasteiger partial charge in [-0.1, -0.05) is 41.9 Å². The van der Waals surface area contributed by atoms with Gasteiger partial charge in [-0.05, 0) is 19.4 Å². The summed E-state index contributed by atoms with van der Waals surface area (Å²) in [7, 11) is 0. The molecule has 0 fully saturated rings. The number of hydrogen-bond acceptors (Lipinski definition) is 5. The van der Waals surface area contributed by atoms with Crippen LogP contribution in [-0.4, -0.2) is 22.7 Å². The van der Waals surface area contributed by atoms with Crippen molar-refractivity contribution in [1.82, 2.24) is 10.1 Å². The molecule has 0 radical (unpaired) electrons. The van der Waals surface area contributed by atoms with Crippen molar-refractivity contribution in [2.24, 2.45) is 0 Å². The lowest BCUT2D eigenvalue weighted by atomic mass is 9.98. The van der Waals surface area contributed by atoms with Crippen LogP contribution < -0.4 is 0 Å². The maximum Gasteiger partial charge on any atom is 0.323 e. The second-order valence-corrected chi connectivity index (χ2v) is 4.50. The van der Waals surface area contributed by atoms with Crippen LogP contribution in [0.1, 0.15) is 42.6 Å². The van der Waals surface area contributed by atoms with Gasteiger partial charge in [-0.25, -0.2) is 0 Å². The molecule has 0 aliphatic heterocycles. The Kier molecular flexibility index (Phi) is 4.50. The van der Waals surface area contributed by atoms with Gasteiger partial charge in [0.25, 0.3) is 0 Å². The van der Waals surface area contributed by atoms with E-state index >= 15 is 0 Å². The minimum absolute atomic E-state index is 0.282. The smallest absolute Gasteiger partial charge is 0.323 e. The van der Waals surface area contributed by atoms with Crippen molar-refractivity contribution in [2.45, 2.75) is 33.1 Å². The summed E-state index contributed by atoms with van der Waals surface area (Å²) in [5.41, 5.74) is 1.91. The molecule has 0 aliphatic carbocycles. The van der Waals surface area contributed by atoms with Crippen LogP contribution in [0, 0.1) is 6.92 Å². The average Bonchev–Trinajstić information content (AvgIpc) is 2.90. The summed E-state index contributed by atoms with van der Waals surface area (Å²) in [6.45, 7) is 6.01. The Bertz CT molecular complexity index is 575. The second-order valence-electron chi connectivity index (χ2n) is 4.50. The molecule has 5 heteroatoms. The molecule has 5 nitrogen and oxygen atoms in total. The molecule has 2 rings (SSSR count). The number of aryl methyl sites for hydroxylation is 2. The molecule has 0 saturated carbocycles. The summed E-state index contributed by atoms with van der Waals surface area (Å²) in [4.78, 5) is 16.4. The number of carbonyl (C=O) groups is 1. The molecule has 0 bridgehead atoms. The Morgan fingerprint density at radius 3 is 2.55 bits per heavy atom. The Morgan fingerprint density at radius 2 is 2.00 bits per heavy atom. The first-order valence-corrected chi connectivity index (χ1v) is 6.71. The molecule has 0 amide bonds. The van der Waals surface area contributed by atoms with Crippen LogP contribution in [0.2, 0.25) is 0 Å². The molecular formula is C15H18N2O3. The van der Waals surface area contributed by atoms with Gasteiger partial charge in [-0.3, -0.25) is 4.79 Å². The summed E-state index contributed by atoms with van der Waals surface area (Å²) in [5, 5.41) is 3.85. The van der Waals surface area contributed by atoms with Crippen LogP contribution in [-0.2, 0) is 16.0 Å². The van der Waals surface area contributed by atoms with Crippen LogP contribution >= 0.6 is 0 Å². The van der Waals surface area contributed by atoms with Crippen LogP contribution in [0.4, 0.5) is 0 Å².